The Balaban J connectivity index is 1.83. The van der Waals surface area contributed by atoms with E-state index in [4.69, 9.17) is 16.3 Å². The van der Waals surface area contributed by atoms with E-state index in [1.165, 1.54) is 0 Å². The van der Waals surface area contributed by atoms with Crippen molar-refractivity contribution in [3.05, 3.63) is 65.2 Å². The molecule has 0 saturated carbocycles. The van der Waals surface area contributed by atoms with E-state index in [2.05, 4.69) is 13.8 Å². The second kappa shape index (κ2) is 8.32. The van der Waals surface area contributed by atoms with Gasteiger partial charge in [0.15, 0.2) is 0 Å². The number of carbonyl (C=O) groups is 1. The Bertz CT molecular complexity index is 780. The summed E-state index contributed by atoms with van der Waals surface area (Å²) in [6.45, 7) is 4.96. The highest BCUT2D eigenvalue weighted by molar-refractivity contribution is 6.33. The highest BCUT2D eigenvalue weighted by Crippen LogP contribution is 2.33. The molecule has 144 valence electrons. The van der Waals surface area contributed by atoms with Gasteiger partial charge in [-0.25, -0.2) is 0 Å². The fourth-order valence-electron chi connectivity index (χ4n) is 3.69. The van der Waals surface area contributed by atoms with Gasteiger partial charge in [-0.3, -0.25) is 4.79 Å². The molecular formula is C22H26ClNO3. The number of nitrogens with zero attached hydrogens (tertiary/aromatic N) is 1. The third-order valence-corrected chi connectivity index (χ3v) is 5.30. The summed E-state index contributed by atoms with van der Waals surface area (Å²) in [5, 5.41) is 11.7. The Kier molecular flexibility index (Phi) is 6.08. The third kappa shape index (κ3) is 4.63. The van der Waals surface area contributed by atoms with Gasteiger partial charge in [0, 0.05) is 6.54 Å². The van der Waals surface area contributed by atoms with Crippen LogP contribution in [0.5, 0.6) is 5.75 Å². The van der Waals surface area contributed by atoms with E-state index < -0.39 is 11.7 Å². The molecule has 2 aromatic rings. The van der Waals surface area contributed by atoms with Crippen LogP contribution in [0.15, 0.2) is 54.6 Å². The first-order chi connectivity index (χ1) is 12.9. The average molecular weight is 388 g/mol. The maximum Gasteiger partial charge on any atom is 0.255 e. The predicted octanol–water partition coefficient (Wildman–Crippen LogP) is 4.41. The first kappa shape index (κ1) is 19.7. The lowest BCUT2D eigenvalue weighted by Gasteiger charge is -2.45. The molecule has 27 heavy (non-hydrogen) atoms. The van der Waals surface area contributed by atoms with Crippen LogP contribution in [0.25, 0.3) is 0 Å². The SMILES string of the molecule is CC(C)C[C@]1(O)CCN(C(=O)c2ccccc2Cl)C[C@@H]1Oc1ccccc1. The minimum absolute atomic E-state index is 0.131. The van der Waals surface area contributed by atoms with E-state index >= 15 is 0 Å². The maximum absolute atomic E-state index is 13.0. The molecule has 4 nitrogen and oxygen atoms in total. The fourth-order valence-corrected chi connectivity index (χ4v) is 3.91. The highest BCUT2D eigenvalue weighted by atomic mass is 35.5. The van der Waals surface area contributed by atoms with Gasteiger partial charge in [0.05, 0.1) is 17.1 Å². The summed E-state index contributed by atoms with van der Waals surface area (Å²) >= 11 is 6.20. The van der Waals surface area contributed by atoms with Crippen LogP contribution < -0.4 is 4.74 Å². The van der Waals surface area contributed by atoms with E-state index in [9.17, 15) is 9.90 Å². The van der Waals surface area contributed by atoms with Gasteiger partial charge in [-0.15, -0.1) is 0 Å². The number of ether oxygens (including phenoxy) is 1. The second-order valence-electron chi connectivity index (χ2n) is 7.60. The van der Waals surface area contributed by atoms with Crippen molar-refractivity contribution in [2.45, 2.75) is 38.4 Å². The molecule has 0 radical (unpaired) electrons. The van der Waals surface area contributed by atoms with Crippen molar-refractivity contribution < 1.29 is 14.6 Å². The number of piperidine rings is 1. The van der Waals surface area contributed by atoms with Crippen molar-refractivity contribution in [1.82, 2.24) is 4.90 Å². The van der Waals surface area contributed by atoms with Crippen LogP contribution in [0.1, 0.15) is 37.0 Å². The van der Waals surface area contributed by atoms with E-state index in [0.717, 1.165) is 0 Å². The Hall–Kier alpha value is -2.04. The molecule has 1 aliphatic heterocycles. The number of rotatable bonds is 5. The van der Waals surface area contributed by atoms with Crippen LogP contribution in [-0.2, 0) is 0 Å². The Labute approximate surface area is 165 Å². The number of para-hydroxylation sites is 1. The molecule has 1 amide bonds. The summed E-state index contributed by atoms with van der Waals surface area (Å²) in [7, 11) is 0. The first-order valence-corrected chi connectivity index (χ1v) is 9.75. The molecule has 0 spiro atoms. The van der Waals surface area contributed by atoms with Crippen molar-refractivity contribution in [3.63, 3.8) is 0 Å². The number of hydrogen-bond acceptors (Lipinski definition) is 3. The summed E-state index contributed by atoms with van der Waals surface area (Å²) in [6, 6.07) is 16.5. The number of amides is 1. The normalized spacial score (nSPS) is 22.7. The number of likely N-dealkylation sites (tertiary alicyclic amines) is 1. The molecule has 2 atom stereocenters. The fraction of sp³-hybridized carbons (Fsp3) is 0.409. The molecule has 3 rings (SSSR count). The highest BCUT2D eigenvalue weighted by Gasteiger charge is 2.45. The molecule has 0 bridgehead atoms. The summed E-state index contributed by atoms with van der Waals surface area (Å²) in [5.74, 6) is 0.883. The maximum atomic E-state index is 13.0. The van der Waals surface area contributed by atoms with Crippen molar-refractivity contribution in [1.29, 1.82) is 0 Å². The van der Waals surface area contributed by atoms with Crippen molar-refractivity contribution in [2.75, 3.05) is 13.1 Å². The van der Waals surface area contributed by atoms with Crippen molar-refractivity contribution in [3.8, 4) is 5.75 Å². The topological polar surface area (TPSA) is 49.8 Å². The van der Waals surface area contributed by atoms with Gasteiger partial charge in [-0.1, -0.05) is 55.8 Å². The smallest absolute Gasteiger partial charge is 0.255 e. The van der Waals surface area contributed by atoms with Gasteiger partial charge >= 0.3 is 0 Å². The lowest BCUT2D eigenvalue weighted by molar-refractivity contribution is -0.111. The minimum atomic E-state index is -0.971. The van der Waals surface area contributed by atoms with E-state index in [0.29, 0.717) is 48.2 Å². The summed E-state index contributed by atoms with van der Waals surface area (Å²) < 4.78 is 6.14. The van der Waals surface area contributed by atoms with Gasteiger partial charge in [0.25, 0.3) is 5.91 Å². The van der Waals surface area contributed by atoms with Crippen LogP contribution in [-0.4, -0.2) is 40.7 Å². The van der Waals surface area contributed by atoms with Gasteiger partial charge in [-0.2, -0.15) is 0 Å². The lowest BCUT2D eigenvalue weighted by atomic mass is 9.81. The standard InChI is InChI=1S/C22H26ClNO3/c1-16(2)14-22(26)12-13-24(21(25)18-10-6-7-11-19(18)23)15-20(22)27-17-8-4-3-5-9-17/h3-11,16,20,26H,12-15H2,1-2H3/t20-,22+/m0/s1. The molecular weight excluding hydrogens is 362 g/mol. The van der Waals surface area contributed by atoms with Gasteiger partial charge in [0.2, 0.25) is 0 Å². The van der Waals surface area contributed by atoms with Crippen LogP contribution in [0, 0.1) is 5.92 Å². The van der Waals surface area contributed by atoms with E-state index in [1.807, 2.05) is 30.3 Å². The lowest BCUT2D eigenvalue weighted by Crippen LogP contribution is -2.59. The van der Waals surface area contributed by atoms with Crippen LogP contribution in [0.2, 0.25) is 5.02 Å². The number of halogens is 1. The molecule has 0 aromatic heterocycles. The molecule has 5 heteroatoms. The molecule has 0 unspecified atom stereocenters. The second-order valence-corrected chi connectivity index (χ2v) is 8.01. The molecule has 1 saturated heterocycles. The van der Waals surface area contributed by atoms with Gasteiger partial charge < -0.3 is 14.7 Å². The molecule has 1 fully saturated rings. The molecule has 1 heterocycles. The monoisotopic (exact) mass is 387 g/mol. The summed E-state index contributed by atoms with van der Waals surface area (Å²) in [6.07, 6.45) is 0.597. The largest absolute Gasteiger partial charge is 0.486 e. The first-order valence-electron chi connectivity index (χ1n) is 9.37. The van der Waals surface area contributed by atoms with Crippen molar-refractivity contribution in [2.24, 2.45) is 5.92 Å². The van der Waals surface area contributed by atoms with Gasteiger partial charge in [-0.05, 0) is 43.0 Å². The zero-order valence-electron chi connectivity index (χ0n) is 15.8. The quantitative estimate of drug-likeness (QED) is 0.826. The predicted molar refractivity (Wildman–Crippen MR) is 107 cm³/mol. The van der Waals surface area contributed by atoms with Crippen LogP contribution in [0.4, 0.5) is 0 Å². The number of benzene rings is 2. The summed E-state index contributed by atoms with van der Waals surface area (Å²) in [5.41, 5.74) is -0.492. The number of carbonyl (C=O) groups excluding carboxylic acids is 1. The van der Waals surface area contributed by atoms with E-state index in [-0.39, 0.29) is 5.91 Å². The Morgan fingerprint density at radius 1 is 1.22 bits per heavy atom. The zero-order chi connectivity index (χ0) is 19.4. The van der Waals surface area contributed by atoms with Crippen LogP contribution >= 0.6 is 11.6 Å². The third-order valence-electron chi connectivity index (χ3n) is 4.97. The molecule has 0 aliphatic carbocycles. The summed E-state index contributed by atoms with van der Waals surface area (Å²) in [4.78, 5) is 14.7. The van der Waals surface area contributed by atoms with Crippen LogP contribution in [0.3, 0.4) is 0 Å². The Morgan fingerprint density at radius 2 is 1.89 bits per heavy atom. The molecule has 1 aliphatic rings. The zero-order valence-corrected chi connectivity index (χ0v) is 16.5. The number of hydrogen-bond donors (Lipinski definition) is 1. The number of aliphatic hydroxyl groups is 1. The molecule has 2 aromatic carbocycles. The van der Waals surface area contributed by atoms with E-state index in [1.54, 1.807) is 29.2 Å². The van der Waals surface area contributed by atoms with Gasteiger partial charge in [0.1, 0.15) is 17.5 Å². The minimum Gasteiger partial charge on any atom is -0.486 e. The Morgan fingerprint density at radius 3 is 2.56 bits per heavy atom. The average Bonchev–Trinajstić information content (AvgIpc) is 2.64. The molecule has 1 N–H and O–H groups in total. The van der Waals surface area contributed by atoms with Crippen molar-refractivity contribution >= 4 is 17.5 Å².